The number of halogens is 1. The molecule has 2 aliphatic heterocycles. The highest BCUT2D eigenvalue weighted by Crippen LogP contribution is 2.43. The zero-order valence-corrected chi connectivity index (χ0v) is 10.6. The van der Waals surface area contributed by atoms with Gasteiger partial charge in [0.25, 0.3) is 0 Å². The Balaban J connectivity index is 2.06. The zero-order valence-electron chi connectivity index (χ0n) is 9.88. The Morgan fingerprint density at radius 3 is 2.94 bits per heavy atom. The fourth-order valence-electron chi connectivity index (χ4n) is 2.56. The molecule has 1 N–H and O–H groups in total. The predicted molar refractivity (Wildman–Crippen MR) is 67.2 cm³/mol. The molecule has 92 valence electrons. The molecule has 0 aromatic heterocycles. The quantitative estimate of drug-likeness (QED) is 0.835. The van der Waals surface area contributed by atoms with Crippen molar-refractivity contribution in [3.63, 3.8) is 0 Å². The molecule has 0 bridgehead atoms. The van der Waals surface area contributed by atoms with Crippen LogP contribution in [0.25, 0.3) is 0 Å². The van der Waals surface area contributed by atoms with E-state index in [1.807, 2.05) is 13.0 Å². The van der Waals surface area contributed by atoms with Gasteiger partial charge in [0, 0.05) is 11.6 Å². The monoisotopic (exact) mass is 253 g/mol. The average molecular weight is 254 g/mol. The number of nitrogens with one attached hydrogen (secondary N) is 1. The van der Waals surface area contributed by atoms with E-state index in [0.29, 0.717) is 19.3 Å². The summed E-state index contributed by atoms with van der Waals surface area (Å²) in [6.07, 6.45) is 2.34. The highest BCUT2D eigenvalue weighted by Gasteiger charge is 2.25. The van der Waals surface area contributed by atoms with Gasteiger partial charge in [0.15, 0.2) is 11.5 Å². The first kappa shape index (κ1) is 11.2. The average Bonchev–Trinajstić information content (AvgIpc) is 2.87. The molecule has 1 aromatic rings. The van der Waals surface area contributed by atoms with E-state index >= 15 is 0 Å². The van der Waals surface area contributed by atoms with E-state index in [2.05, 4.69) is 5.32 Å². The summed E-state index contributed by atoms with van der Waals surface area (Å²) in [5, 5.41) is 4.28. The molecule has 1 saturated heterocycles. The SMILES string of the molecule is Cc1c(Cl)c(C2CCCN2)cc2c1OCCO2. The Labute approximate surface area is 106 Å². The molecular weight excluding hydrogens is 238 g/mol. The Morgan fingerprint density at radius 1 is 1.35 bits per heavy atom. The molecule has 1 atom stereocenters. The van der Waals surface area contributed by atoms with E-state index in [9.17, 15) is 0 Å². The second-order valence-electron chi connectivity index (χ2n) is 4.58. The lowest BCUT2D eigenvalue weighted by Gasteiger charge is -2.24. The first-order valence-electron chi connectivity index (χ1n) is 6.09. The fraction of sp³-hybridized carbons (Fsp3) is 0.538. The van der Waals surface area contributed by atoms with Crippen LogP contribution in [0.1, 0.15) is 30.0 Å². The van der Waals surface area contributed by atoms with Gasteiger partial charge in [-0.1, -0.05) is 11.6 Å². The van der Waals surface area contributed by atoms with Crippen LogP contribution in [0.15, 0.2) is 6.07 Å². The van der Waals surface area contributed by atoms with Crippen molar-refractivity contribution in [2.45, 2.75) is 25.8 Å². The molecule has 1 aromatic carbocycles. The molecule has 1 fully saturated rings. The van der Waals surface area contributed by atoms with Crippen molar-refractivity contribution in [1.82, 2.24) is 5.32 Å². The van der Waals surface area contributed by atoms with Gasteiger partial charge in [-0.25, -0.2) is 0 Å². The molecule has 0 spiro atoms. The first-order chi connectivity index (χ1) is 8.27. The standard InChI is InChI=1S/C13H16ClNO2/c1-8-12(14)9(10-3-2-4-15-10)7-11-13(8)17-6-5-16-11/h7,10,15H,2-6H2,1H3. The molecule has 17 heavy (non-hydrogen) atoms. The summed E-state index contributed by atoms with van der Waals surface area (Å²) in [5.41, 5.74) is 2.14. The van der Waals surface area contributed by atoms with Crippen LogP contribution in [0, 0.1) is 6.92 Å². The van der Waals surface area contributed by atoms with Crippen molar-refractivity contribution in [2.75, 3.05) is 19.8 Å². The number of hydrogen-bond donors (Lipinski definition) is 1. The van der Waals surface area contributed by atoms with Gasteiger partial charge in [-0.15, -0.1) is 0 Å². The van der Waals surface area contributed by atoms with E-state index in [1.54, 1.807) is 0 Å². The molecule has 0 radical (unpaired) electrons. The first-order valence-corrected chi connectivity index (χ1v) is 6.47. The summed E-state index contributed by atoms with van der Waals surface area (Å²) in [6, 6.07) is 2.39. The van der Waals surface area contributed by atoms with Crippen molar-refractivity contribution in [2.24, 2.45) is 0 Å². The maximum atomic E-state index is 6.43. The van der Waals surface area contributed by atoms with Crippen LogP contribution in [0.4, 0.5) is 0 Å². The third-order valence-electron chi connectivity index (χ3n) is 3.46. The number of hydrogen-bond acceptors (Lipinski definition) is 3. The van der Waals surface area contributed by atoms with Crippen molar-refractivity contribution >= 4 is 11.6 Å². The Kier molecular flexibility index (Phi) is 2.89. The maximum absolute atomic E-state index is 6.43. The van der Waals surface area contributed by atoms with E-state index in [0.717, 1.165) is 40.6 Å². The number of rotatable bonds is 1. The normalized spacial score (nSPS) is 22.8. The smallest absolute Gasteiger partial charge is 0.165 e. The van der Waals surface area contributed by atoms with Crippen LogP contribution in [0.5, 0.6) is 11.5 Å². The van der Waals surface area contributed by atoms with E-state index in [-0.39, 0.29) is 0 Å². The second kappa shape index (κ2) is 4.39. The Morgan fingerprint density at radius 2 is 2.18 bits per heavy atom. The highest BCUT2D eigenvalue weighted by molar-refractivity contribution is 6.32. The third kappa shape index (κ3) is 1.87. The molecular formula is C13H16ClNO2. The van der Waals surface area contributed by atoms with Crippen LogP contribution >= 0.6 is 11.6 Å². The van der Waals surface area contributed by atoms with Gasteiger partial charge in [0.05, 0.1) is 5.02 Å². The maximum Gasteiger partial charge on any atom is 0.165 e. The molecule has 3 nitrogen and oxygen atoms in total. The largest absolute Gasteiger partial charge is 0.486 e. The molecule has 4 heteroatoms. The fourth-order valence-corrected chi connectivity index (χ4v) is 2.83. The van der Waals surface area contributed by atoms with Gasteiger partial charge >= 0.3 is 0 Å². The minimum absolute atomic E-state index is 0.358. The number of fused-ring (bicyclic) bond motifs is 1. The summed E-state index contributed by atoms with van der Waals surface area (Å²) in [4.78, 5) is 0. The lowest BCUT2D eigenvalue weighted by atomic mass is 10.0. The van der Waals surface area contributed by atoms with Gasteiger partial charge in [0.2, 0.25) is 0 Å². The zero-order chi connectivity index (χ0) is 11.8. The topological polar surface area (TPSA) is 30.5 Å². The molecule has 1 unspecified atom stereocenters. The van der Waals surface area contributed by atoms with Crippen molar-refractivity contribution in [3.8, 4) is 11.5 Å². The van der Waals surface area contributed by atoms with Crippen molar-refractivity contribution < 1.29 is 9.47 Å². The van der Waals surface area contributed by atoms with Crippen molar-refractivity contribution in [3.05, 3.63) is 22.2 Å². The molecule has 0 saturated carbocycles. The minimum atomic E-state index is 0.358. The predicted octanol–water partition coefficient (Wildman–Crippen LogP) is 2.84. The summed E-state index contributed by atoms with van der Waals surface area (Å²) in [7, 11) is 0. The lowest BCUT2D eigenvalue weighted by Crippen LogP contribution is -2.18. The number of ether oxygens (including phenoxy) is 2. The van der Waals surface area contributed by atoms with Gasteiger partial charge in [-0.05, 0) is 37.9 Å². The van der Waals surface area contributed by atoms with Gasteiger partial charge in [0.1, 0.15) is 13.2 Å². The summed E-state index contributed by atoms with van der Waals surface area (Å²) < 4.78 is 11.3. The molecule has 2 aliphatic rings. The van der Waals surface area contributed by atoms with Gasteiger partial charge in [-0.2, -0.15) is 0 Å². The molecule has 0 aliphatic carbocycles. The lowest BCUT2D eigenvalue weighted by molar-refractivity contribution is 0.170. The summed E-state index contributed by atoms with van der Waals surface area (Å²) >= 11 is 6.43. The molecule has 2 heterocycles. The highest BCUT2D eigenvalue weighted by atomic mass is 35.5. The van der Waals surface area contributed by atoms with E-state index in [4.69, 9.17) is 21.1 Å². The van der Waals surface area contributed by atoms with E-state index < -0.39 is 0 Å². The molecule has 0 amide bonds. The Bertz CT molecular complexity index is 442. The summed E-state index contributed by atoms with van der Waals surface area (Å²) in [5.74, 6) is 1.64. The van der Waals surface area contributed by atoms with Crippen LogP contribution in [0.3, 0.4) is 0 Å². The van der Waals surface area contributed by atoms with Crippen LogP contribution in [-0.4, -0.2) is 19.8 Å². The summed E-state index contributed by atoms with van der Waals surface area (Å²) in [6.45, 7) is 4.28. The van der Waals surface area contributed by atoms with Gasteiger partial charge < -0.3 is 14.8 Å². The Hall–Kier alpha value is -0.930. The molecule has 3 rings (SSSR count). The van der Waals surface area contributed by atoms with Crippen LogP contribution in [0.2, 0.25) is 5.02 Å². The van der Waals surface area contributed by atoms with Crippen LogP contribution < -0.4 is 14.8 Å². The van der Waals surface area contributed by atoms with E-state index in [1.165, 1.54) is 6.42 Å². The van der Waals surface area contributed by atoms with Gasteiger partial charge in [-0.3, -0.25) is 0 Å². The third-order valence-corrected chi connectivity index (χ3v) is 3.96. The number of benzene rings is 1. The van der Waals surface area contributed by atoms with Crippen LogP contribution in [-0.2, 0) is 0 Å². The minimum Gasteiger partial charge on any atom is -0.486 e. The van der Waals surface area contributed by atoms with Crippen molar-refractivity contribution in [1.29, 1.82) is 0 Å². The second-order valence-corrected chi connectivity index (χ2v) is 4.96.